The Morgan fingerprint density at radius 2 is 2.06 bits per heavy atom. The molecule has 0 saturated heterocycles. The van der Waals surface area contributed by atoms with Gasteiger partial charge in [-0.1, -0.05) is 18.2 Å². The van der Waals surface area contributed by atoms with E-state index in [1.54, 1.807) is 25.2 Å². The van der Waals surface area contributed by atoms with Crippen molar-refractivity contribution in [1.82, 2.24) is 0 Å². The fourth-order valence-corrected chi connectivity index (χ4v) is 1.59. The number of para-hydroxylation sites is 1. The zero-order valence-corrected chi connectivity index (χ0v) is 8.93. The quantitative estimate of drug-likeness (QED) is 0.657. The molecule has 0 bridgehead atoms. The number of fused-ring (bicyclic) bond motifs is 1. The number of nitrogens with zero attached hydrogens (tertiary/aromatic N) is 2. The molecule has 1 heterocycles. The summed E-state index contributed by atoms with van der Waals surface area (Å²) in [4.78, 5) is 27.9. The van der Waals surface area contributed by atoms with Crippen molar-refractivity contribution in [2.75, 3.05) is 19.1 Å². The van der Waals surface area contributed by atoms with Gasteiger partial charge in [-0.25, -0.2) is 4.79 Å². The average molecular weight is 218 g/mol. The lowest BCUT2D eigenvalue weighted by Gasteiger charge is -2.07. The van der Waals surface area contributed by atoms with Crippen LogP contribution in [-0.4, -0.2) is 31.9 Å². The van der Waals surface area contributed by atoms with E-state index in [0.29, 0.717) is 5.56 Å². The lowest BCUT2D eigenvalue weighted by atomic mass is 10.1. The molecule has 0 aromatic heterocycles. The van der Waals surface area contributed by atoms with Crippen LogP contribution >= 0.6 is 0 Å². The van der Waals surface area contributed by atoms with Crippen molar-refractivity contribution in [3.63, 3.8) is 0 Å². The molecule has 0 spiro atoms. The normalized spacial score (nSPS) is 16.5. The molecule has 0 atom stereocenters. The number of rotatable bonds is 0. The monoisotopic (exact) mass is 218 g/mol. The van der Waals surface area contributed by atoms with Crippen LogP contribution < -0.4 is 4.90 Å². The topological polar surface area (TPSA) is 59.0 Å². The zero-order valence-electron chi connectivity index (χ0n) is 8.93. The maximum atomic E-state index is 11.8. The minimum absolute atomic E-state index is 0.130. The van der Waals surface area contributed by atoms with E-state index < -0.39 is 6.09 Å². The van der Waals surface area contributed by atoms with Crippen LogP contribution in [0.4, 0.5) is 10.5 Å². The number of carbonyl (C=O) groups excluding carboxylic acids is 2. The van der Waals surface area contributed by atoms with Crippen LogP contribution in [0.15, 0.2) is 29.3 Å². The molecule has 0 unspecified atom stereocenters. The predicted octanol–water partition coefficient (Wildman–Crippen LogP) is 1.22. The Morgan fingerprint density at radius 3 is 2.75 bits per heavy atom. The van der Waals surface area contributed by atoms with Crippen molar-refractivity contribution in [2.24, 2.45) is 4.99 Å². The molecule has 1 aliphatic rings. The Bertz CT molecular complexity index is 494. The number of likely N-dealkylation sites (N-methyl/N-ethyl adjacent to an activating group) is 1. The third-order valence-electron chi connectivity index (χ3n) is 2.41. The Kier molecular flexibility index (Phi) is 2.44. The minimum Gasteiger partial charge on any atom is -0.451 e. The lowest BCUT2D eigenvalue weighted by molar-refractivity contribution is -0.111. The van der Waals surface area contributed by atoms with Gasteiger partial charge < -0.3 is 9.64 Å². The van der Waals surface area contributed by atoms with Crippen molar-refractivity contribution in [1.29, 1.82) is 0 Å². The third kappa shape index (κ3) is 1.46. The number of hydrogen-bond acceptors (Lipinski definition) is 3. The molecule has 5 nitrogen and oxygen atoms in total. The van der Waals surface area contributed by atoms with Gasteiger partial charge in [-0.3, -0.25) is 4.79 Å². The molecule has 0 radical (unpaired) electrons. The van der Waals surface area contributed by atoms with E-state index in [-0.39, 0.29) is 11.6 Å². The highest BCUT2D eigenvalue weighted by molar-refractivity contribution is 6.55. The SMILES string of the molecule is COC(=O)/N=C1/C(=O)N(C)c2ccccc21. The van der Waals surface area contributed by atoms with E-state index in [1.807, 2.05) is 6.07 Å². The number of methoxy groups -OCH3 is 1. The van der Waals surface area contributed by atoms with Gasteiger partial charge in [0.1, 0.15) is 5.71 Å². The molecule has 2 amide bonds. The van der Waals surface area contributed by atoms with E-state index in [2.05, 4.69) is 9.73 Å². The third-order valence-corrected chi connectivity index (χ3v) is 2.41. The van der Waals surface area contributed by atoms with Crippen molar-refractivity contribution < 1.29 is 14.3 Å². The van der Waals surface area contributed by atoms with Crippen LogP contribution in [0.1, 0.15) is 5.56 Å². The van der Waals surface area contributed by atoms with Gasteiger partial charge in [-0.15, -0.1) is 0 Å². The molecule has 0 aliphatic carbocycles. The second kappa shape index (κ2) is 3.77. The predicted molar refractivity (Wildman–Crippen MR) is 58.8 cm³/mol. The number of aliphatic imine (C=N–C) groups is 1. The highest BCUT2D eigenvalue weighted by atomic mass is 16.5. The summed E-state index contributed by atoms with van der Waals surface area (Å²) in [5, 5.41) is 0. The van der Waals surface area contributed by atoms with Crippen molar-refractivity contribution in [3.8, 4) is 0 Å². The van der Waals surface area contributed by atoms with Gasteiger partial charge >= 0.3 is 6.09 Å². The van der Waals surface area contributed by atoms with Crippen LogP contribution in [0.2, 0.25) is 0 Å². The first kappa shape index (κ1) is 10.4. The first-order valence-electron chi connectivity index (χ1n) is 4.69. The van der Waals surface area contributed by atoms with Gasteiger partial charge in [0.05, 0.1) is 12.8 Å². The average Bonchev–Trinajstić information content (AvgIpc) is 2.55. The van der Waals surface area contributed by atoms with Gasteiger partial charge in [0.15, 0.2) is 0 Å². The Balaban J connectivity index is 2.53. The number of ether oxygens (including phenoxy) is 1. The summed E-state index contributed by atoms with van der Waals surface area (Å²) in [6.07, 6.45) is -0.770. The second-order valence-electron chi connectivity index (χ2n) is 3.31. The second-order valence-corrected chi connectivity index (χ2v) is 3.31. The van der Waals surface area contributed by atoms with Crippen molar-refractivity contribution in [2.45, 2.75) is 0 Å². The number of hydrogen-bond donors (Lipinski definition) is 0. The molecular weight excluding hydrogens is 208 g/mol. The first-order valence-corrected chi connectivity index (χ1v) is 4.69. The van der Waals surface area contributed by atoms with Gasteiger partial charge in [-0.05, 0) is 6.07 Å². The zero-order chi connectivity index (χ0) is 11.7. The van der Waals surface area contributed by atoms with Crippen LogP contribution in [-0.2, 0) is 9.53 Å². The highest BCUT2D eigenvalue weighted by Crippen LogP contribution is 2.27. The molecule has 0 saturated carbocycles. The first-order chi connectivity index (χ1) is 7.65. The minimum atomic E-state index is -0.770. The molecule has 1 aromatic rings. The fraction of sp³-hybridized carbons (Fsp3) is 0.182. The van der Waals surface area contributed by atoms with E-state index >= 15 is 0 Å². The van der Waals surface area contributed by atoms with Gasteiger partial charge in [0.2, 0.25) is 0 Å². The maximum absolute atomic E-state index is 11.8. The molecule has 2 rings (SSSR count). The van der Waals surface area contributed by atoms with Crippen molar-refractivity contribution in [3.05, 3.63) is 29.8 Å². The number of anilines is 1. The van der Waals surface area contributed by atoms with E-state index in [0.717, 1.165) is 5.69 Å². The smallest absolute Gasteiger partial charge is 0.434 e. The summed E-state index contributed by atoms with van der Waals surface area (Å²) < 4.78 is 4.41. The molecule has 1 aromatic carbocycles. The highest BCUT2D eigenvalue weighted by Gasteiger charge is 2.31. The van der Waals surface area contributed by atoms with Crippen molar-refractivity contribution >= 4 is 23.4 Å². The van der Waals surface area contributed by atoms with Gasteiger partial charge in [-0.2, -0.15) is 4.99 Å². The number of carbonyl (C=O) groups is 2. The summed E-state index contributed by atoms with van der Waals surface area (Å²) in [5.41, 5.74) is 1.53. The summed E-state index contributed by atoms with van der Waals surface area (Å²) in [6.45, 7) is 0. The van der Waals surface area contributed by atoms with E-state index in [4.69, 9.17) is 0 Å². The molecule has 0 fully saturated rings. The van der Waals surface area contributed by atoms with E-state index in [9.17, 15) is 9.59 Å². The molecular formula is C11H10N2O3. The molecule has 5 heteroatoms. The molecule has 1 aliphatic heterocycles. The lowest BCUT2D eigenvalue weighted by Crippen LogP contribution is -2.26. The summed E-state index contributed by atoms with van der Waals surface area (Å²) >= 11 is 0. The maximum Gasteiger partial charge on any atom is 0.434 e. The van der Waals surface area contributed by atoms with Gasteiger partial charge in [0, 0.05) is 12.6 Å². The fourth-order valence-electron chi connectivity index (χ4n) is 1.59. The van der Waals surface area contributed by atoms with Crippen LogP contribution in [0.5, 0.6) is 0 Å². The summed E-state index contributed by atoms with van der Waals surface area (Å²) in [5.74, 6) is -0.299. The van der Waals surface area contributed by atoms with Crippen LogP contribution in [0.25, 0.3) is 0 Å². The Hall–Kier alpha value is -2.17. The Labute approximate surface area is 92.3 Å². The summed E-state index contributed by atoms with van der Waals surface area (Å²) in [6, 6.07) is 7.16. The Morgan fingerprint density at radius 1 is 1.38 bits per heavy atom. The molecule has 82 valence electrons. The number of benzene rings is 1. The summed E-state index contributed by atoms with van der Waals surface area (Å²) in [7, 11) is 2.86. The number of amides is 2. The van der Waals surface area contributed by atoms with Crippen LogP contribution in [0, 0.1) is 0 Å². The van der Waals surface area contributed by atoms with E-state index in [1.165, 1.54) is 12.0 Å². The van der Waals surface area contributed by atoms with Gasteiger partial charge in [0.25, 0.3) is 5.91 Å². The standard InChI is InChI=1S/C11H10N2O3/c1-13-8-6-4-3-5-7(8)9(10(13)14)12-11(15)16-2/h3-6H,1-2H3/b12-9+. The molecule has 16 heavy (non-hydrogen) atoms. The van der Waals surface area contributed by atoms with Crippen LogP contribution in [0.3, 0.4) is 0 Å². The molecule has 0 N–H and O–H groups in total. The largest absolute Gasteiger partial charge is 0.451 e.